The van der Waals surface area contributed by atoms with Crippen LogP contribution in [0.25, 0.3) is 11.0 Å². The number of fused-ring (bicyclic) bond motifs is 1. The minimum atomic E-state index is -0.00470. The number of rotatable bonds is 7. The van der Waals surface area contributed by atoms with E-state index in [-0.39, 0.29) is 18.0 Å². The van der Waals surface area contributed by atoms with Crippen molar-refractivity contribution in [1.29, 1.82) is 0 Å². The highest BCUT2D eigenvalue weighted by Crippen LogP contribution is 2.32. The summed E-state index contributed by atoms with van der Waals surface area (Å²) in [7, 11) is 0. The number of nitrogens with two attached hydrogens (primary N) is 1. The monoisotopic (exact) mass is 401 g/mol. The van der Waals surface area contributed by atoms with Gasteiger partial charge in [0.05, 0.1) is 5.69 Å². The number of nitrogens with zero attached hydrogens (tertiary/aromatic N) is 4. The molecule has 0 aliphatic heterocycles. The molecule has 4 N–H and O–H groups in total. The zero-order chi connectivity index (χ0) is 20.4. The molecule has 7 nitrogen and oxygen atoms in total. The van der Waals surface area contributed by atoms with Gasteiger partial charge in [0.15, 0.2) is 5.82 Å². The third-order valence-corrected chi connectivity index (χ3v) is 4.55. The molecule has 0 radical (unpaired) electrons. The number of benzene rings is 1. The van der Waals surface area contributed by atoms with E-state index in [4.69, 9.17) is 32.4 Å². The van der Waals surface area contributed by atoms with Gasteiger partial charge >= 0.3 is 0 Å². The van der Waals surface area contributed by atoms with Gasteiger partial charge in [0.2, 0.25) is 5.95 Å². The summed E-state index contributed by atoms with van der Waals surface area (Å²) in [4.78, 5) is 9.49. The maximum Gasteiger partial charge on any atom is 0.225 e. The predicted octanol–water partition coefficient (Wildman–Crippen LogP) is 4.69. The fourth-order valence-corrected chi connectivity index (χ4v) is 3.04. The van der Waals surface area contributed by atoms with Crippen LogP contribution in [-0.2, 0) is 0 Å². The van der Waals surface area contributed by atoms with Gasteiger partial charge in [-0.15, -0.1) is 0 Å². The van der Waals surface area contributed by atoms with E-state index in [1.165, 1.54) is 0 Å². The van der Waals surface area contributed by atoms with Gasteiger partial charge in [-0.05, 0) is 51.0 Å². The summed E-state index contributed by atoms with van der Waals surface area (Å²) in [5, 5.41) is 12.2. The SMILES string of the molecule is CC(N)CNc1nc(Nc2ccc(Cl)cc2)c2c(n1)c(C(C)C)nn2C(C)C. The van der Waals surface area contributed by atoms with Crippen LogP contribution in [0, 0.1) is 0 Å². The molecule has 2 heterocycles. The molecule has 0 bridgehead atoms. The number of aromatic nitrogens is 4. The summed E-state index contributed by atoms with van der Waals surface area (Å²) in [6.07, 6.45) is 0. The summed E-state index contributed by atoms with van der Waals surface area (Å²) in [6.45, 7) is 11.0. The lowest BCUT2D eigenvalue weighted by Crippen LogP contribution is -2.26. The molecular formula is C20H28ClN7. The van der Waals surface area contributed by atoms with Gasteiger partial charge in [-0.1, -0.05) is 25.4 Å². The minimum Gasteiger partial charge on any atom is -0.353 e. The molecule has 3 aromatic rings. The van der Waals surface area contributed by atoms with Crippen molar-refractivity contribution in [3.05, 3.63) is 35.0 Å². The number of anilines is 3. The van der Waals surface area contributed by atoms with Crippen molar-refractivity contribution >= 4 is 40.1 Å². The minimum absolute atomic E-state index is 0.00470. The zero-order valence-corrected chi connectivity index (χ0v) is 17.7. The summed E-state index contributed by atoms with van der Waals surface area (Å²) in [6, 6.07) is 7.70. The Kier molecular flexibility index (Phi) is 6.05. The molecule has 0 aliphatic carbocycles. The second-order valence-corrected chi connectivity index (χ2v) is 8.10. The van der Waals surface area contributed by atoms with E-state index < -0.39 is 0 Å². The van der Waals surface area contributed by atoms with Crippen LogP contribution in [-0.4, -0.2) is 32.3 Å². The third-order valence-electron chi connectivity index (χ3n) is 4.30. The van der Waals surface area contributed by atoms with Crippen molar-refractivity contribution in [2.24, 2.45) is 5.73 Å². The van der Waals surface area contributed by atoms with Crippen molar-refractivity contribution < 1.29 is 0 Å². The van der Waals surface area contributed by atoms with Crippen molar-refractivity contribution in [1.82, 2.24) is 19.7 Å². The highest BCUT2D eigenvalue weighted by Gasteiger charge is 2.22. The van der Waals surface area contributed by atoms with Gasteiger partial charge in [-0.2, -0.15) is 10.1 Å². The molecule has 0 spiro atoms. The molecule has 0 saturated carbocycles. The summed E-state index contributed by atoms with van der Waals surface area (Å²) < 4.78 is 1.98. The second-order valence-electron chi connectivity index (χ2n) is 7.66. The van der Waals surface area contributed by atoms with Crippen LogP contribution in [0.4, 0.5) is 17.5 Å². The first kappa shape index (κ1) is 20.4. The topological polar surface area (TPSA) is 93.7 Å². The first-order valence-electron chi connectivity index (χ1n) is 9.58. The van der Waals surface area contributed by atoms with E-state index >= 15 is 0 Å². The lowest BCUT2D eigenvalue weighted by molar-refractivity contribution is 0.539. The van der Waals surface area contributed by atoms with Gasteiger partial charge in [-0.3, -0.25) is 4.68 Å². The van der Waals surface area contributed by atoms with E-state index in [0.717, 1.165) is 22.4 Å². The molecule has 1 aromatic carbocycles. The lowest BCUT2D eigenvalue weighted by Gasteiger charge is -2.14. The summed E-state index contributed by atoms with van der Waals surface area (Å²) in [5.41, 5.74) is 9.47. The number of nitrogens with one attached hydrogen (secondary N) is 2. The standard InChI is InChI=1S/C20H28ClN7/c1-11(2)16-17-18(28(27-16)12(3)4)19(24-15-8-6-14(21)7-9-15)26-20(25-17)23-10-13(5)22/h6-9,11-13H,10,22H2,1-5H3,(H2,23,24,25,26). The third kappa shape index (κ3) is 4.36. The maximum absolute atomic E-state index is 6.02. The molecular weight excluding hydrogens is 374 g/mol. The molecule has 1 atom stereocenters. The maximum atomic E-state index is 6.02. The highest BCUT2D eigenvalue weighted by molar-refractivity contribution is 6.30. The first-order valence-corrected chi connectivity index (χ1v) is 9.96. The molecule has 150 valence electrons. The van der Waals surface area contributed by atoms with E-state index in [2.05, 4.69) is 38.3 Å². The van der Waals surface area contributed by atoms with Gasteiger partial charge in [0.25, 0.3) is 0 Å². The average molecular weight is 402 g/mol. The molecule has 1 unspecified atom stereocenters. The molecule has 0 fully saturated rings. The van der Waals surface area contributed by atoms with Crippen LogP contribution in [0.15, 0.2) is 24.3 Å². The Morgan fingerprint density at radius 2 is 1.75 bits per heavy atom. The van der Waals surface area contributed by atoms with Gasteiger partial charge in [0, 0.05) is 29.3 Å². The van der Waals surface area contributed by atoms with Crippen molar-refractivity contribution in [3.63, 3.8) is 0 Å². The molecule has 0 aliphatic rings. The Labute approximate surface area is 170 Å². The van der Waals surface area contributed by atoms with Crippen molar-refractivity contribution in [2.75, 3.05) is 17.2 Å². The molecule has 3 rings (SSSR count). The normalized spacial score (nSPS) is 12.8. The van der Waals surface area contributed by atoms with Crippen molar-refractivity contribution in [3.8, 4) is 0 Å². The fraction of sp³-hybridized carbons (Fsp3) is 0.450. The summed E-state index contributed by atoms with van der Waals surface area (Å²) in [5.74, 6) is 1.47. The second kappa shape index (κ2) is 8.32. The average Bonchev–Trinajstić information content (AvgIpc) is 3.02. The molecule has 8 heteroatoms. The largest absolute Gasteiger partial charge is 0.353 e. The molecule has 0 saturated heterocycles. The van der Waals surface area contributed by atoms with E-state index in [9.17, 15) is 0 Å². The fourth-order valence-electron chi connectivity index (χ4n) is 2.91. The Morgan fingerprint density at radius 1 is 1.07 bits per heavy atom. The Bertz CT molecular complexity index is 945. The van der Waals surface area contributed by atoms with Gasteiger partial charge in [0.1, 0.15) is 11.0 Å². The Hall–Kier alpha value is -2.38. The van der Waals surface area contributed by atoms with Crippen molar-refractivity contribution in [2.45, 2.75) is 52.6 Å². The highest BCUT2D eigenvalue weighted by atomic mass is 35.5. The van der Waals surface area contributed by atoms with Crippen LogP contribution in [0.5, 0.6) is 0 Å². The van der Waals surface area contributed by atoms with E-state index in [1.807, 2.05) is 35.9 Å². The van der Waals surface area contributed by atoms with E-state index in [0.29, 0.717) is 23.3 Å². The molecule has 28 heavy (non-hydrogen) atoms. The number of hydrogen-bond donors (Lipinski definition) is 3. The van der Waals surface area contributed by atoms with Crippen LogP contribution < -0.4 is 16.4 Å². The summed E-state index contributed by atoms with van der Waals surface area (Å²) >= 11 is 6.02. The van der Waals surface area contributed by atoms with Gasteiger partial charge in [-0.25, -0.2) is 4.98 Å². The number of hydrogen-bond acceptors (Lipinski definition) is 6. The zero-order valence-electron chi connectivity index (χ0n) is 17.0. The van der Waals surface area contributed by atoms with Crippen LogP contribution in [0.3, 0.4) is 0 Å². The molecule has 0 amide bonds. The smallest absolute Gasteiger partial charge is 0.225 e. The van der Waals surface area contributed by atoms with Crippen LogP contribution >= 0.6 is 11.6 Å². The Morgan fingerprint density at radius 3 is 2.32 bits per heavy atom. The molecule has 2 aromatic heterocycles. The van der Waals surface area contributed by atoms with Crippen LogP contribution in [0.1, 0.15) is 52.3 Å². The number of halogens is 1. The first-order chi connectivity index (χ1) is 13.3. The van der Waals surface area contributed by atoms with Crippen LogP contribution in [0.2, 0.25) is 5.02 Å². The quantitative estimate of drug-likeness (QED) is 0.531. The van der Waals surface area contributed by atoms with E-state index in [1.54, 1.807) is 0 Å². The lowest BCUT2D eigenvalue weighted by atomic mass is 10.1. The predicted molar refractivity (Wildman–Crippen MR) is 117 cm³/mol. The Balaban J connectivity index is 2.17. The van der Waals surface area contributed by atoms with Gasteiger partial charge < -0.3 is 16.4 Å².